The predicted octanol–water partition coefficient (Wildman–Crippen LogP) is 1.54. The van der Waals surface area contributed by atoms with Crippen molar-refractivity contribution in [3.05, 3.63) is 17.0 Å². The molecule has 2 amide bonds. The third-order valence-corrected chi connectivity index (χ3v) is 5.61. The maximum absolute atomic E-state index is 12.7. The Balaban J connectivity index is 1.45. The van der Waals surface area contributed by atoms with Gasteiger partial charge in [-0.25, -0.2) is 0 Å². The summed E-state index contributed by atoms with van der Waals surface area (Å²) >= 11 is 0. The minimum Gasteiger partial charge on any atom is -0.368 e. The molecule has 2 fully saturated rings. The van der Waals surface area contributed by atoms with Gasteiger partial charge in [-0.15, -0.1) is 0 Å². The standard InChI is InChI=1S/C18H26N4O3/c23-17(19-12-5-2-1-3-6-12)16-13-11-22(9-8-14(13)20-21-16)18(24)15-7-4-10-25-15/h12,15H,1-11H2,(H,19,23)(H,20,21). The molecule has 0 spiro atoms. The second kappa shape index (κ2) is 7.15. The van der Waals surface area contributed by atoms with Gasteiger partial charge in [0.2, 0.25) is 0 Å². The van der Waals surface area contributed by atoms with Crippen LogP contribution in [0.4, 0.5) is 0 Å². The molecule has 1 unspecified atom stereocenters. The van der Waals surface area contributed by atoms with Crippen molar-refractivity contribution in [3.8, 4) is 0 Å². The maximum Gasteiger partial charge on any atom is 0.272 e. The Morgan fingerprint density at radius 3 is 2.76 bits per heavy atom. The summed E-state index contributed by atoms with van der Waals surface area (Å²) in [6.07, 6.45) is 7.82. The van der Waals surface area contributed by atoms with Crippen LogP contribution in [0.5, 0.6) is 0 Å². The summed E-state index contributed by atoms with van der Waals surface area (Å²) in [5.41, 5.74) is 2.29. The number of fused-ring (bicyclic) bond motifs is 1. The molecule has 136 valence electrons. The van der Waals surface area contributed by atoms with Crippen LogP contribution in [0.1, 0.15) is 66.7 Å². The number of H-pyrrole nitrogens is 1. The van der Waals surface area contributed by atoms with Crippen LogP contribution in [-0.4, -0.2) is 52.2 Å². The smallest absolute Gasteiger partial charge is 0.272 e. The highest BCUT2D eigenvalue weighted by Gasteiger charge is 2.33. The van der Waals surface area contributed by atoms with Crippen LogP contribution in [0, 0.1) is 0 Å². The lowest BCUT2D eigenvalue weighted by Crippen LogP contribution is -2.42. The van der Waals surface area contributed by atoms with E-state index in [0.29, 0.717) is 31.8 Å². The van der Waals surface area contributed by atoms with Gasteiger partial charge in [0.15, 0.2) is 5.69 Å². The second-order valence-electron chi connectivity index (χ2n) is 7.35. The molecule has 0 bridgehead atoms. The average molecular weight is 346 g/mol. The molecular weight excluding hydrogens is 320 g/mol. The number of hydrogen-bond acceptors (Lipinski definition) is 4. The highest BCUT2D eigenvalue weighted by atomic mass is 16.5. The van der Waals surface area contributed by atoms with E-state index in [2.05, 4.69) is 15.5 Å². The largest absolute Gasteiger partial charge is 0.368 e. The molecule has 1 saturated heterocycles. The van der Waals surface area contributed by atoms with E-state index in [1.165, 1.54) is 19.3 Å². The van der Waals surface area contributed by atoms with Crippen LogP contribution >= 0.6 is 0 Å². The summed E-state index contributed by atoms with van der Waals surface area (Å²) in [5.74, 6) is -0.0706. The van der Waals surface area contributed by atoms with Crippen molar-refractivity contribution in [1.82, 2.24) is 20.4 Å². The molecule has 1 atom stereocenters. The fraction of sp³-hybridized carbons (Fsp3) is 0.722. The highest BCUT2D eigenvalue weighted by molar-refractivity contribution is 5.94. The zero-order chi connectivity index (χ0) is 17.2. The molecule has 0 radical (unpaired) electrons. The van der Waals surface area contributed by atoms with Crippen molar-refractivity contribution in [2.45, 2.75) is 70.1 Å². The Labute approximate surface area is 147 Å². The SMILES string of the molecule is O=C(NC1CCCCC1)c1n[nH]c2c1CN(C(=O)C1CCCO1)CC2. The predicted molar refractivity (Wildman–Crippen MR) is 91.0 cm³/mol. The van der Waals surface area contributed by atoms with Crippen molar-refractivity contribution in [2.24, 2.45) is 0 Å². The Morgan fingerprint density at radius 1 is 1.16 bits per heavy atom. The van der Waals surface area contributed by atoms with Gasteiger partial charge in [0.05, 0.1) is 0 Å². The Kier molecular flexibility index (Phi) is 4.74. The number of rotatable bonds is 3. The molecule has 7 heteroatoms. The summed E-state index contributed by atoms with van der Waals surface area (Å²) in [6.45, 7) is 1.76. The number of carbonyl (C=O) groups excluding carboxylic acids is 2. The molecular formula is C18H26N4O3. The first kappa shape index (κ1) is 16.6. The second-order valence-corrected chi connectivity index (χ2v) is 7.35. The minimum atomic E-state index is -0.312. The van der Waals surface area contributed by atoms with E-state index in [4.69, 9.17) is 4.74 Å². The molecule has 1 aromatic rings. The topological polar surface area (TPSA) is 87.3 Å². The van der Waals surface area contributed by atoms with E-state index in [1.54, 1.807) is 0 Å². The number of ether oxygens (including phenoxy) is 1. The Morgan fingerprint density at radius 2 is 2.00 bits per heavy atom. The lowest BCUT2D eigenvalue weighted by atomic mass is 9.95. The third kappa shape index (κ3) is 3.42. The van der Waals surface area contributed by atoms with Crippen molar-refractivity contribution >= 4 is 11.8 Å². The zero-order valence-corrected chi connectivity index (χ0v) is 14.6. The summed E-state index contributed by atoms with van der Waals surface area (Å²) in [4.78, 5) is 27.1. The molecule has 2 N–H and O–H groups in total. The van der Waals surface area contributed by atoms with E-state index >= 15 is 0 Å². The van der Waals surface area contributed by atoms with Crippen molar-refractivity contribution in [1.29, 1.82) is 0 Å². The van der Waals surface area contributed by atoms with Crippen LogP contribution in [0.15, 0.2) is 0 Å². The van der Waals surface area contributed by atoms with E-state index in [0.717, 1.165) is 36.9 Å². The zero-order valence-electron chi connectivity index (χ0n) is 14.6. The molecule has 1 aliphatic carbocycles. The molecule has 0 aromatic carbocycles. The van der Waals surface area contributed by atoms with Crippen molar-refractivity contribution < 1.29 is 14.3 Å². The van der Waals surface area contributed by atoms with Gasteiger partial charge in [-0.05, 0) is 25.7 Å². The molecule has 3 aliphatic rings. The normalized spacial score (nSPS) is 24.2. The quantitative estimate of drug-likeness (QED) is 0.869. The van der Waals surface area contributed by atoms with Crippen LogP contribution in [0.3, 0.4) is 0 Å². The molecule has 1 saturated carbocycles. The number of nitrogens with one attached hydrogen (secondary N) is 2. The fourth-order valence-electron chi connectivity index (χ4n) is 4.15. The van der Waals surface area contributed by atoms with Crippen LogP contribution < -0.4 is 5.32 Å². The molecule has 7 nitrogen and oxygen atoms in total. The maximum atomic E-state index is 12.7. The summed E-state index contributed by atoms with van der Waals surface area (Å²) in [7, 11) is 0. The minimum absolute atomic E-state index is 0.0444. The fourth-order valence-corrected chi connectivity index (χ4v) is 4.15. The molecule has 4 rings (SSSR count). The van der Waals surface area contributed by atoms with Gasteiger partial charge in [-0.3, -0.25) is 14.7 Å². The molecule has 3 heterocycles. The van der Waals surface area contributed by atoms with Crippen LogP contribution in [0.2, 0.25) is 0 Å². The van der Waals surface area contributed by atoms with Gasteiger partial charge in [0.1, 0.15) is 6.10 Å². The Hall–Kier alpha value is -1.89. The van der Waals surface area contributed by atoms with Gasteiger partial charge in [0.25, 0.3) is 11.8 Å². The average Bonchev–Trinajstić information content (AvgIpc) is 3.31. The first-order chi connectivity index (χ1) is 12.2. The first-order valence-electron chi connectivity index (χ1n) is 9.50. The van der Waals surface area contributed by atoms with Crippen molar-refractivity contribution in [3.63, 3.8) is 0 Å². The van der Waals surface area contributed by atoms with Gasteiger partial charge in [-0.1, -0.05) is 19.3 Å². The van der Waals surface area contributed by atoms with Gasteiger partial charge in [-0.2, -0.15) is 5.10 Å². The summed E-state index contributed by atoms with van der Waals surface area (Å²) in [6, 6.07) is 0.252. The number of aromatic amines is 1. The van der Waals surface area contributed by atoms with E-state index in [1.807, 2.05) is 4.90 Å². The van der Waals surface area contributed by atoms with Crippen LogP contribution in [0.25, 0.3) is 0 Å². The number of nitrogens with zero attached hydrogens (tertiary/aromatic N) is 2. The van der Waals surface area contributed by atoms with Gasteiger partial charge >= 0.3 is 0 Å². The molecule has 1 aromatic heterocycles. The summed E-state index contributed by atoms with van der Waals surface area (Å²) in [5, 5.41) is 10.4. The highest BCUT2D eigenvalue weighted by Crippen LogP contribution is 2.24. The van der Waals surface area contributed by atoms with E-state index < -0.39 is 0 Å². The number of carbonyl (C=O) groups is 2. The third-order valence-electron chi connectivity index (χ3n) is 5.61. The molecule has 2 aliphatic heterocycles. The van der Waals surface area contributed by atoms with Crippen LogP contribution in [-0.2, 0) is 22.5 Å². The molecule has 25 heavy (non-hydrogen) atoms. The lowest BCUT2D eigenvalue weighted by molar-refractivity contribution is -0.141. The first-order valence-corrected chi connectivity index (χ1v) is 9.50. The number of amides is 2. The van der Waals surface area contributed by atoms with Crippen molar-refractivity contribution in [2.75, 3.05) is 13.2 Å². The number of hydrogen-bond donors (Lipinski definition) is 2. The monoisotopic (exact) mass is 346 g/mol. The number of aromatic nitrogens is 2. The summed E-state index contributed by atoms with van der Waals surface area (Å²) < 4.78 is 5.52. The van der Waals surface area contributed by atoms with E-state index in [9.17, 15) is 9.59 Å². The van der Waals surface area contributed by atoms with Gasteiger partial charge in [0, 0.05) is 43.4 Å². The van der Waals surface area contributed by atoms with E-state index in [-0.39, 0.29) is 24.0 Å². The van der Waals surface area contributed by atoms with Gasteiger partial charge < -0.3 is 15.0 Å². The lowest BCUT2D eigenvalue weighted by Gasteiger charge is -2.29. The Bertz CT molecular complexity index is 645.